The molecule has 2 heterocycles. The summed E-state index contributed by atoms with van der Waals surface area (Å²) < 4.78 is 5.22. The summed E-state index contributed by atoms with van der Waals surface area (Å²) in [6.45, 7) is 0. The van der Waals surface area contributed by atoms with Crippen LogP contribution in [0.4, 0.5) is 0 Å². The van der Waals surface area contributed by atoms with Crippen LogP contribution in [0.2, 0.25) is 0 Å². The molecule has 0 bridgehead atoms. The average Bonchev–Trinajstić information content (AvgIpc) is 2.86. The summed E-state index contributed by atoms with van der Waals surface area (Å²) in [5.41, 5.74) is 0. The van der Waals surface area contributed by atoms with E-state index in [2.05, 4.69) is 9.97 Å². The normalized spacial score (nSPS) is 12.7. The second-order valence-electron chi connectivity index (χ2n) is 3.06. The first kappa shape index (κ1) is 10.5. The zero-order valence-corrected chi connectivity index (χ0v) is 9.81. The van der Waals surface area contributed by atoms with Crippen molar-refractivity contribution in [3.05, 3.63) is 34.5 Å². The molecule has 5 heteroatoms. The van der Waals surface area contributed by atoms with E-state index < -0.39 is 0 Å². The van der Waals surface area contributed by atoms with E-state index in [1.54, 1.807) is 30.8 Å². The molecule has 0 amide bonds. The highest BCUT2D eigenvalue weighted by molar-refractivity contribution is 7.10. The van der Waals surface area contributed by atoms with Crippen LogP contribution >= 0.6 is 22.9 Å². The predicted molar refractivity (Wildman–Crippen MR) is 61.8 cm³/mol. The predicted octanol–water partition coefficient (Wildman–Crippen LogP) is 3.00. The lowest BCUT2D eigenvalue weighted by Crippen LogP contribution is -1.97. The van der Waals surface area contributed by atoms with Crippen molar-refractivity contribution in [2.45, 2.75) is 11.8 Å². The summed E-state index contributed by atoms with van der Waals surface area (Å²) in [4.78, 5) is 8.23. The van der Waals surface area contributed by atoms with Gasteiger partial charge in [0.2, 0.25) is 0 Å². The number of methoxy groups -OCH3 is 1. The fourth-order valence-corrected chi connectivity index (χ4v) is 2.62. The lowest BCUT2D eigenvalue weighted by atomic mass is 10.2. The first-order valence-electron chi connectivity index (χ1n) is 4.55. The molecule has 0 spiro atoms. The van der Waals surface area contributed by atoms with Crippen LogP contribution in [0.3, 0.4) is 0 Å². The van der Waals surface area contributed by atoms with Gasteiger partial charge in [-0.05, 0) is 11.4 Å². The molecule has 15 heavy (non-hydrogen) atoms. The Labute approximate surface area is 97.1 Å². The zero-order chi connectivity index (χ0) is 10.7. The summed E-state index contributed by atoms with van der Waals surface area (Å²) >= 11 is 7.90. The summed E-state index contributed by atoms with van der Waals surface area (Å²) in [5, 5.41) is 1.89. The van der Waals surface area contributed by atoms with Crippen LogP contribution < -0.4 is 4.74 Å². The number of alkyl halides is 1. The molecule has 80 valence electrons. The van der Waals surface area contributed by atoms with Gasteiger partial charge in [0, 0.05) is 18.8 Å². The maximum Gasteiger partial charge on any atom is 0.134 e. The minimum atomic E-state index is -0.0916. The quantitative estimate of drug-likeness (QED) is 0.837. The number of ether oxygens (including phenoxy) is 1. The number of aromatic amines is 1. The number of aromatic nitrogens is 2. The summed E-state index contributed by atoms with van der Waals surface area (Å²) in [6, 6.07) is 1.93. The summed E-state index contributed by atoms with van der Waals surface area (Å²) in [7, 11) is 1.65. The molecule has 0 radical (unpaired) electrons. The monoisotopic (exact) mass is 242 g/mol. The van der Waals surface area contributed by atoms with E-state index in [1.165, 1.54) is 0 Å². The van der Waals surface area contributed by atoms with E-state index in [-0.39, 0.29) is 5.38 Å². The number of nitrogens with zero attached hydrogens (tertiary/aromatic N) is 1. The van der Waals surface area contributed by atoms with E-state index in [0.29, 0.717) is 6.42 Å². The zero-order valence-electron chi connectivity index (χ0n) is 8.24. The number of nitrogens with one attached hydrogen (secondary N) is 1. The number of H-pyrrole nitrogens is 1. The molecule has 1 atom stereocenters. The molecule has 2 aromatic heterocycles. The number of imidazole rings is 1. The molecule has 0 saturated heterocycles. The molecule has 1 unspecified atom stereocenters. The number of hydrogen-bond acceptors (Lipinski definition) is 3. The van der Waals surface area contributed by atoms with Crippen LogP contribution in [0.15, 0.2) is 23.8 Å². The molecule has 0 aromatic carbocycles. The second-order valence-corrected chi connectivity index (χ2v) is 4.54. The largest absolute Gasteiger partial charge is 0.496 e. The minimum absolute atomic E-state index is 0.0916. The summed E-state index contributed by atoms with van der Waals surface area (Å²) in [5.74, 6) is 1.75. The fourth-order valence-electron chi connectivity index (χ4n) is 1.38. The highest BCUT2D eigenvalue weighted by Crippen LogP contribution is 2.36. The maximum atomic E-state index is 6.29. The molecule has 0 aliphatic heterocycles. The number of halogens is 1. The Balaban J connectivity index is 2.11. The topological polar surface area (TPSA) is 37.9 Å². The van der Waals surface area contributed by atoms with Crippen molar-refractivity contribution in [2.24, 2.45) is 0 Å². The third kappa shape index (κ3) is 2.33. The van der Waals surface area contributed by atoms with Crippen molar-refractivity contribution in [3.63, 3.8) is 0 Å². The molecular weight excluding hydrogens is 232 g/mol. The summed E-state index contributed by atoms with van der Waals surface area (Å²) in [6.07, 6.45) is 4.21. The van der Waals surface area contributed by atoms with Gasteiger partial charge in [0.15, 0.2) is 0 Å². The third-order valence-electron chi connectivity index (χ3n) is 2.09. The Bertz CT molecular complexity index is 413. The van der Waals surface area contributed by atoms with Crippen molar-refractivity contribution >= 4 is 22.9 Å². The van der Waals surface area contributed by atoms with Gasteiger partial charge >= 0.3 is 0 Å². The molecule has 1 N–H and O–H groups in total. The van der Waals surface area contributed by atoms with Gasteiger partial charge in [-0.25, -0.2) is 4.98 Å². The Kier molecular flexibility index (Phi) is 3.28. The first-order valence-corrected chi connectivity index (χ1v) is 5.86. The van der Waals surface area contributed by atoms with Crippen molar-refractivity contribution in [1.82, 2.24) is 9.97 Å². The number of thiophene rings is 1. The molecule has 0 saturated carbocycles. The molecule has 3 nitrogen and oxygen atoms in total. The molecule has 0 aliphatic carbocycles. The van der Waals surface area contributed by atoms with E-state index in [0.717, 1.165) is 16.5 Å². The average molecular weight is 243 g/mol. The van der Waals surface area contributed by atoms with Crippen molar-refractivity contribution in [3.8, 4) is 5.75 Å². The maximum absolute atomic E-state index is 6.29. The number of rotatable bonds is 4. The Morgan fingerprint density at radius 3 is 3.20 bits per heavy atom. The SMILES string of the molecule is COc1ccsc1C(Cl)Cc1ncc[nH]1. The molecule has 2 rings (SSSR count). The molecule has 2 aromatic rings. The smallest absolute Gasteiger partial charge is 0.134 e. The van der Waals surface area contributed by atoms with Crippen LogP contribution in [0, 0.1) is 0 Å². The minimum Gasteiger partial charge on any atom is -0.496 e. The van der Waals surface area contributed by atoms with Gasteiger partial charge in [0.1, 0.15) is 11.6 Å². The van der Waals surface area contributed by atoms with Crippen LogP contribution in [0.5, 0.6) is 5.75 Å². The Morgan fingerprint density at radius 2 is 2.53 bits per heavy atom. The van der Waals surface area contributed by atoms with E-state index in [1.807, 2.05) is 11.4 Å². The van der Waals surface area contributed by atoms with Crippen molar-refractivity contribution in [1.29, 1.82) is 0 Å². The van der Waals surface area contributed by atoms with Crippen LogP contribution in [0.25, 0.3) is 0 Å². The van der Waals surface area contributed by atoms with Crippen molar-refractivity contribution in [2.75, 3.05) is 7.11 Å². The third-order valence-corrected chi connectivity index (χ3v) is 3.60. The first-order chi connectivity index (χ1) is 7.31. The van der Waals surface area contributed by atoms with Gasteiger partial charge < -0.3 is 9.72 Å². The second kappa shape index (κ2) is 4.68. The van der Waals surface area contributed by atoms with Gasteiger partial charge in [0.05, 0.1) is 17.4 Å². The van der Waals surface area contributed by atoms with E-state index >= 15 is 0 Å². The Hall–Kier alpha value is -1.00. The van der Waals surface area contributed by atoms with Gasteiger partial charge in [-0.2, -0.15) is 0 Å². The number of hydrogen-bond donors (Lipinski definition) is 1. The van der Waals surface area contributed by atoms with Crippen molar-refractivity contribution < 1.29 is 4.74 Å². The lowest BCUT2D eigenvalue weighted by molar-refractivity contribution is 0.411. The van der Waals surface area contributed by atoms with Crippen LogP contribution in [-0.4, -0.2) is 17.1 Å². The highest BCUT2D eigenvalue weighted by Gasteiger charge is 2.16. The highest BCUT2D eigenvalue weighted by atomic mass is 35.5. The van der Waals surface area contributed by atoms with E-state index in [9.17, 15) is 0 Å². The Morgan fingerprint density at radius 1 is 1.67 bits per heavy atom. The molecule has 0 aliphatic rings. The van der Waals surface area contributed by atoms with Gasteiger partial charge in [-0.1, -0.05) is 0 Å². The lowest BCUT2D eigenvalue weighted by Gasteiger charge is -2.07. The van der Waals surface area contributed by atoms with Gasteiger partial charge in [0.25, 0.3) is 0 Å². The van der Waals surface area contributed by atoms with Gasteiger partial charge in [-0.15, -0.1) is 22.9 Å². The fraction of sp³-hybridized carbons (Fsp3) is 0.300. The van der Waals surface area contributed by atoms with E-state index in [4.69, 9.17) is 16.3 Å². The molecule has 0 fully saturated rings. The molecular formula is C10H11ClN2OS. The van der Waals surface area contributed by atoms with Gasteiger partial charge in [-0.3, -0.25) is 0 Å². The standard InChI is InChI=1S/C10H11ClN2OS/c1-14-8-2-5-15-10(8)7(11)6-9-12-3-4-13-9/h2-5,7H,6H2,1H3,(H,12,13). The van der Waals surface area contributed by atoms with Crippen LogP contribution in [0.1, 0.15) is 16.1 Å². The van der Waals surface area contributed by atoms with Crippen LogP contribution in [-0.2, 0) is 6.42 Å².